The van der Waals surface area contributed by atoms with Gasteiger partial charge >= 0.3 is 18.3 Å². The minimum atomic E-state index is -4.70. The number of likely N-dealkylation sites (tertiary alicyclic amines) is 2. The molecule has 3 saturated heterocycles. The normalized spacial score (nSPS) is 20.7. The summed E-state index contributed by atoms with van der Waals surface area (Å²) in [6.07, 6.45) is -3.89. The molecule has 0 aromatic heterocycles. The molecule has 0 bridgehead atoms. The Kier molecular flexibility index (Phi) is 11.0. The third-order valence-electron chi connectivity index (χ3n) is 10.5. The average molecular weight is 720 g/mol. The molecular formula is C35H45ClF3N7O4. The summed E-state index contributed by atoms with van der Waals surface area (Å²) in [7, 11) is 3.47. The highest BCUT2D eigenvalue weighted by Gasteiger charge is 2.39. The first-order valence-corrected chi connectivity index (χ1v) is 17.7. The van der Waals surface area contributed by atoms with Crippen molar-refractivity contribution in [3.05, 3.63) is 58.1 Å². The van der Waals surface area contributed by atoms with Crippen molar-refractivity contribution in [1.82, 2.24) is 24.5 Å². The first kappa shape index (κ1) is 36.1. The zero-order chi connectivity index (χ0) is 35.6. The molecule has 272 valence electrons. The van der Waals surface area contributed by atoms with Crippen molar-refractivity contribution in [1.29, 1.82) is 0 Å². The summed E-state index contributed by atoms with van der Waals surface area (Å²) < 4.78 is 47.9. The van der Waals surface area contributed by atoms with Crippen LogP contribution >= 0.6 is 11.6 Å². The van der Waals surface area contributed by atoms with Crippen LogP contribution in [0.2, 0.25) is 5.02 Å². The number of hydrogen-bond donors (Lipinski definition) is 2. The minimum Gasteiger partial charge on any atom is -0.436 e. The SMILES string of the molecule is CNc1c(Cl)cc(C[C@@H](OC(=O)N2CCC(N3Cc4ccccc4NC3=O)CC2)C(=O)N2CCN(C3CCN(C)CC3)CC2)cc1C(F)(F)F. The number of para-hydroxylation sites is 1. The number of carbonyl (C=O) groups is 3. The van der Waals surface area contributed by atoms with Crippen molar-refractivity contribution in [2.45, 2.75) is 63.0 Å². The van der Waals surface area contributed by atoms with Gasteiger partial charge < -0.3 is 35.0 Å². The monoisotopic (exact) mass is 719 g/mol. The van der Waals surface area contributed by atoms with Gasteiger partial charge in [-0.05, 0) is 75.1 Å². The van der Waals surface area contributed by atoms with Crippen LogP contribution in [0.4, 0.5) is 34.1 Å². The lowest BCUT2D eigenvalue weighted by Crippen LogP contribution is -2.56. The summed E-state index contributed by atoms with van der Waals surface area (Å²) in [5, 5.41) is 5.30. The summed E-state index contributed by atoms with van der Waals surface area (Å²) in [5.41, 5.74) is 0.712. The van der Waals surface area contributed by atoms with Gasteiger partial charge in [0.1, 0.15) is 0 Å². The number of halogens is 4. The molecule has 50 heavy (non-hydrogen) atoms. The molecule has 3 fully saturated rings. The van der Waals surface area contributed by atoms with E-state index in [1.165, 1.54) is 18.0 Å². The Morgan fingerprint density at radius 1 is 0.960 bits per heavy atom. The number of nitrogens with one attached hydrogen (secondary N) is 2. The van der Waals surface area contributed by atoms with Gasteiger partial charge in [-0.3, -0.25) is 9.69 Å². The number of benzene rings is 2. The third-order valence-corrected chi connectivity index (χ3v) is 10.8. The van der Waals surface area contributed by atoms with E-state index in [4.69, 9.17) is 16.3 Å². The number of carbonyl (C=O) groups excluding carboxylic acids is 3. The van der Waals surface area contributed by atoms with Crippen LogP contribution < -0.4 is 10.6 Å². The van der Waals surface area contributed by atoms with E-state index in [1.54, 1.807) is 9.80 Å². The van der Waals surface area contributed by atoms with Gasteiger partial charge in [0.25, 0.3) is 5.91 Å². The van der Waals surface area contributed by atoms with Crippen LogP contribution in [0.5, 0.6) is 0 Å². The maximum Gasteiger partial charge on any atom is 0.418 e. The lowest BCUT2D eigenvalue weighted by molar-refractivity contribution is -0.143. The first-order valence-electron chi connectivity index (χ1n) is 17.3. The second-order valence-electron chi connectivity index (χ2n) is 13.7. The van der Waals surface area contributed by atoms with E-state index in [-0.39, 0.29) is 34.8 Å². The summed E-state index contributed by atoms with van der Waals surface area (Å²) >= 11 is 6.28. The van der Waals surface area contributed by atoms with Gasteiger partial charge in [0.2, 0.25) is 0 Å². The molecule has 15 heteroatoms. The number of rotatable bonds is 7. The molecule has 0 aliphatic carbocycles. The fourth-order valence-corrected chi connectivity index (χ4v) is 7.93. The number of fused-ring (bicyclic) bond motifs is 1. The Morgan fingerprint density at radius 3 is 2.28 bits per heavy atom. The molecule has 2 N–H and O–H groups in total. The molecule has 2 aromatic rings. The molecule has 0 unspecified atom stereocenters. The van der Waals surface area contributed by atoms with E-state index < -0.39 is 29.8 Å². The number of nitrogens with zero attached hydrogens (tertiary/aromatic N) is 5. The zero-order valence-electron chi connectivity index (χ0n) is 28.5. The second kappa shape index (κ2) is 15.2. The fraction of sp³-hybridized carbons (Fsp3) is 0.571. The molecule has 0 radical (unpaired) electrons. The van der Waals surface area contributed by atoms with E-state index >= 15 is 0 Å². The number of ether oxygens (including phenoxy) is 1. The molecule has 11 nitrogen and oxygen atoms in total. The zero-order valence-corrected chi connectivity index (χ0v) is 29.2. The number of amides is 4. The number of hydrogen-bond acceptors (Lipinski definition) is 7. The van der Waals surface area contributed by atoms with E-state index in [2.05, 4.69) is 27.5 Å². The average Bonchev–Trinajstić information content (AvgIpc) is 3.10. The van der Waals surface area contributed by atoms with Crippen molar-refractivity contribution < 1.29 is 32.3 Å². The molecular weight excluding hydrogens is 675 g/mol. The Labute approximate surface area is 295 Å². The Balaban J connectivity index is 1.14. The van der Waals surface area contributed by atoms with Crippen molar-refractivity contribution in [2.24, 2.45) is 0 Å². The van der Waals surface area contributed by atoms with E-state index in [0.717, 1.165) is 43.2 Å². The number of anilines is 2. The highest BCUT2D eigenvalue weighted by atomic mass is 35.5. The van der Waals surface area contributed by atoms with Crippen LogP contribution in [0.3, 0.4) is 0 Å². The topological polar surface area (TPSA) is 101 Å². The molecule has 4 aliphatic heterocycles. The van der Waals surface area contributed by atoms with Crippen molar-refractivity contribution in [2.75, 3.05) is 77.1 Å². The predicted molar refractivity (Wildman–Crippen MR) is 184 cm³/mol. The molecule has 2 aromatic carbocycles. The highest BCUT2D eigenvalue weighted by Crippen LogP contribution is 2.40. The maximum atomic E-state index is 14.0. The second-order valence-corrected chi connectivity index (χ2v) is 14.1. The summed E-state index contributed by atoms with van der Waals surface area (Å²) in [4.78, 5) is 50.1. The van der Waals surface area contributed by atoms with Crippen molar-refractivity contribution in [3.8, 4) is 0 Å². The molecule has 0 saturated carbocycles. The van der Waals surface area contributed by atoms with E-state index in [1.807, 2.05) is 24.3 Å². The van der Waals surface area contributed by atoms with Crippen molar-refractivity contribution >= 4 is 41.0 Å². The maximum absolute atomic E-state index is 14.0. The predicted octanol–water partition coefficient (Wildman–Crippen LogP) is 5.20. The number of urea groups is 1. The van der Waals surface area contributed by atoms with E-state index in [0.29, 0.717) is 64.7 Å². The lowest BCUT2D eigenvalue weighted by Gasteiger charge is -2.43. The van der Waals surface area contributed by atoms with Crippen LogP contribution in [0.1, 0.15) is 42.4 Å². The Morgan fingerprint density at radius 2 is 1.62 bits per heavy atom. The van der Waals surface area contributed by atoms with Gasteiger partial charge in [-0.25, -0.2) is 9.59 Å². The summed E-state index contributed by atoms with van der Waals surface area (Å²) in [5.74, 6) is -0.442. The van der Waals surface area contributed by atoms with Crippen molar-refractivity contribution in [3.63, 3.8) is 0 Å². The molecule has 4 aliphatic rings. The number of piperazine rings is 1. The molecule has 4 amide bonds. The first-order chi connectivity index (χ1) is 23.9. The van der Waals surface area contributed by atoms with Gasteiger partial charge in [0.15, 0.2) is 6.10 Å². The molecule has 0 spiro atoms. The fourth-order valence-electron chi connectivity index (χ4n) is 7.60. The lowest BCUT2D eigenvalue weighted by atomic mass is 10.0. The van der Waals surface area contributed by atoms with Crippen LogP contribution in [0.25, 0.3) is 0 Å². The summed E-state index contributed by atoms with van der Waals surface area (Å²) in [6, 6.07) is 10.1. The Bertz CT molecular complexity index is 1560. The third kappa shape index (κ3) is 8.07. The minimum absolute atomic E-state index is 0.0979. The molecule has 6 rings (SSSR count). The van der Waals surface area contributed by atoms with Gasteiger partial charge in [-0.1, -0.05) is 29.8 Å². The molecule has 1 atom stereocenters. The largest absolute Gasteiger partial charge is 0.436 e. The number of piperidine rings is 2. The van der Waals surface area contributed by atoms with Gasteiger partial charge in [0, 0.05) is 77.1 Å². The number of alkyl halides is 3. The van der Waals surface area contributed by atoms with Crippen LogP contribution in [-0.4, -0.2) is 127 Å². The van der Waals surface area contributed by atoms with Gasteiger partial charge in [0.05, 0.1) is 16.3 Å². The van der Waals surface area contributed by atoms with Gasteiger partial charge in [-0.2, -0.15) is 13.2 Å². The standard InChI is InChI=1S/C35H45ClF3N7O4/c1-40-31-27(35(37,38)39)19-23(20-28(31)36)21-30(32(47)44-17-15-43(16-18-44)25-7-11-42(2)12-8-25)50-34(49)45-13-9-26(10-14-45)46-22-24-5-3-4-6-29(24)41-33(46)48/h3-6,19-20,25-26,30,40H,7-18,21-22H2,1-2H3,(H,41,48)/t30-/m1/s1. The van der Waals surface area contributed by atoms with Crippen LogP contribution in [0, 0.1) is 0 Å². The van der Waals surface area contributed by atoms with Gasteiger partial charge in [-0.15, -0.1) is 0 Å². The van der Waals surface area contributed by atoms with E-state index in [9.17, 15) is 27.6 Å². The smallest absolute Gasteiger partial charge is 0.418 e. The molecule has 4 heterocycles. The van der Waals surface area contributed by atoms with Crippen LogP contribution in [0.15, 0.2) is 36.4 Å². The highest BCUT2D eigenvalue weighted by molar-refractivity contribution is 6.33. The Hall–Kier alpha value is -3.75. The summed E-state index contributed by atoms with van der Waals surface area (Å²) in [6.45, 7) is 5.30. The van der Waals surface area contributed by atoms with Crippen LogP contribution in [-0.2, 0) is 28.7 Å². The quantitative estimate of drug-likeness (QED) is 0.406.